The predicted molar refractivity (Wildman–Crippen MR) is 57.2 cm³/mol. The van der Waals surface area contributed by atoms with Crippen molar-refractivity contribution in [3.63, 3.8) is 0 Å². The number of fused-ring (bicyclic) bond motifs is 1. The van der Waals surface area contributed by atoms with E-state index in [1.165, 1.54) is 32.1 Å². The fourth-order valence-corrected chi connectivity index (χ4v) is 2.38. The molecule has 1 aromatic rings. The van der Waals surface area contributed by atoms with E-state index in [0.29, 0.717) is 0 Å². The Bertz CT molecular complexity index is 279. The maximum Gasteiger partial charge on any atom is -0.0273 e. The van der Waals surface area contributed by atoms with Crippen molar-refractivity contribution in [3.8, 4) is 0 Å². The molecule has 0 N–H and O–H groups in total. The molecule has 1 aliphatic carbocycles. The molecule has 0 aliphatic heterocycles. The van der Waals surface area contributed by atoms with Crippen LogP contribution in [-0.2, 0) is 25.7 Å². The van der Waals surface area contributed by atoms with E-state index in [2.05, 4.69) is 26.0 Å². The van der Waals surface area contributed by atoms with Gasteiger partial charge in [0.2, 0.25) is 0 Å². The molecule has 1 aliphatic rings. The molecule has 2 rings (SSSR count). The van der Waals surface area contributed by atoms with Crippen molar-refractivity contribution >= 4 is 0 Å². The van der Waals surface area contributed by atoms with Gasteiger partial charge in [0.1, 0.15) is 0 Å². The van der Waals surface area contributed by atoms with Crippen LogP contribution in [0.5, 0.6) is 0 Å². The molecule has 0 spiro atoms. The maximum absolute atomic E-state index is 2.45. The summed E-state index contributed by atoms with van der Waals surface area (Å²) in [5.41, 5.74) is 6.38. The molecule has 0 nitrogen and oxygen atoms in total. The topological polar surface area (TPSA) is 0 Å². The normalized spacial score (nSPS) is 14.6. The van der Waals surface area contributed by atoms with E-state index in [1.54, 1.807) is 22.3 Å². The summed E-state index contributed by atoms with van der Waals surface area (Å²) in [5.74, 6) is 0. The third-order valence-corrected chi connectivity index (χ3v) is 3.18. The second kappa shape index (κ2) is 3.53. The first-order valence-corrected chi connectivity index (χ1v) is 5.48. The molecule has 0 amide bonds. The summed E-state index contributed by atoms with van der Waals surface area (Å²) in [6.45, 7) is 4.52. The summed E-state index contributed by atoms with van der Waals surface area (Å²) in [6, 6.07) is 4.89. The fraction of sp³-hybridized carbons (Fsp3) is 0.538. The standard InChI is InChI=1S/C13H18/c1-3-10-8-12-6-5-7-13(12)9-11(10)4-2/h8-9H,3-7H2,1-2H3. The minimum atomic E-state index is 1.19. The van der Waals surface area contributed by atoms with E-state index in [9.17, 15) is 0 Å². The lowest BCUT2D eigenvalue weighted by Gasteiger charge is -2.09. The zero-order valence-corrected chi connectivity index (χ0v) is 8.69. The molecular formula is C13H18. The molecule has 13 heavy (non-hydrogen) atoms. The molecule has 0 bridgehead atoms. The smallest absolute Gasteiger partial charge is 0.0273 e. The first-order chi connectivity index (χ1) is 6.35. The molecule has 0 heterocycles. The molecule has 0 radical (unpaired) electrons. The van der Waals surface area contributed by atoms with Crippen molar-refractivity contribution in [1.82, 2.24) is 0 Å². The molecule has 0 heteroatoms. The maximum atomic E-state index is 2.45. The molecule has 70 valence electrons. The minimum Gasteiger partial charge on any atom is -0.0613 e. The van der Waals surface area contributed by atoms with Crippen molar-refractivity contribution < 1.29 is 0 Å². The largest absolute Gasteiger partial charge is 0.0613 e. The number of aryl methyl sites for hydroxylation is 4. The Morgan fingerprint density at radius 1 is 0.923 bits per heavy atom. The molecule has 0 fully saturated rings. The zero-order valence-electron chi connectivity index (χ0n) is 8.69. The fourth-order valence-electron chi connectivity index (χ4n) is 2.38. The monoisotopic (exact) mass is 174 g/mol. The van der Waals surface area contributed by atoms with Crippen molar-refractivity contribution in [2.24, 2.45) is 0 Å². The highest BCUT2D eigenvalue weighted by Crippen LogP contribution is 2.26. The third-order valence-electron chi connectivity index (χ3n) is 3.18. The summed E-state index contributed by atoms with van der Waals surface area (Å²) in [7, 11) is 0. The lowest BCUT2D eigenvalue weighted by molar-refractivity contribution is 0.911. The first kappa shape index (κ1) is 8.80. The Kier molecular flexibility index (Phi) is 2.39. The molecule has 0 unspecified atom stereocenters. The second-order valence-corrected chi connectivity index (χ2v) is 3.95. The van der Waals surface area contributed by atoms with Crippen molar-refractivity contribution in [2.45, 2.75) is 46.0 Å². The van der Waals surface area contributed by atoms with Crippen LogP contribution in [0.15, 0.2) is 12.1 Å². The van der Waals surface area contributed by atoms with Gasteiger partial charge in [-0.1, -0.05) is 26.0 Å². The van der Waals surface area contributed by atoms with Gasteiger partial charge >= 0.3 is 0 Å². The third kappa shape index (κ3) is 1.50. The number of rotatable bonds is 2. The average Bonchev–Trinajstić information content (AvgIpc) is 2.62. The second-order valence-electron chi connectivity index (χ2n) is 3.95. The van der Waals surface area contributed by atoms with Crippen molar-refractivity contribution in [1.29, 1.82) is 0 Å². The van der Waals surface area contributed by atoms with Crippen LogP contribution in [0.4, 0.5) is 0 Å². The quantitative estimate of drug-likeness (QED) is 0.645. The Labute approximate surface area is 81.0 Å². The van der Waals surface area contributed by atoms with Gasteiger partial charge in [-0.2, -0.15) is 0 Å². The number of benzene rings is 1. The van der Waals surface area contributed by atoms with Gasteiger partial charge in [-0.3, -0.25) is 0 Å². The van der Waals surface area contributed by atoms with Gasteiger partial charge in [0.15, 0.2) is 0 Å². The number of hydrogen-bond acceptors (Lipinski definition) is 0. The van der Waals surface area contributed by atoms with Crippen LogP contribution in [0.3, 0.4) is 0 Å². The van der Waals surface area contributed by atoms with E-state index in [0.717, 1.165) is 0 Å². The van der Waals surface area contributed by atoms with Crippen LogP contribution in [-0.4, -0.2) is 0 Å². The molecule has 0 saturated heterocycles. The molecular weight excluding hydrogens is 156 g/mol. The van der Waals surface area contributed by atoms with E-state index in [-0.39, 0.29) is 0 Å². The van der Waals surface area contributed by atoms with Gasteiger partial charge in [0, 0.05) is 0 Å². The first-order valence-electron chi connectivity index (χ1n) is 5.48. The SMILES string of the molecule is CCc1cc2c(cc1CC)CCC2. The van der Waals surface area contributed by atoms with E-state index >= 15 is 0 Å². The Morgan fingerprint density at radius 2 is 1.38 bits per heavy atom. The van der Waals surface area contributed by atoms with Crippen LogP contribution >= 0.6 is 0 Å². The van der Waals surface area contributed by atoms with Crippen molar-refractivity contribution in [3.05, 3.63) is 34.4 Å². The Balaban J connectivity index is 2.47. The van der Waals surface area contributed by atoms with Gasteiger partial charge in [0.05, 0.1) is 0 Å². The van der Waals surface area contributed by atoms with Gasteiger partial charge in [-0.15, -0.1) is 0 Å². The van der Waals surface area contributed by atoms with Gasteiger partial charge in [0.25, 0.3) is 0 Å². The predicted octanol–water partition coefficient (Wildman–Crippen LogP) is 3.30. The molecule has 0 atom stereocenters. The lowest BCUT2D eigenvalue weighted by Crippen LogP contribution is -1.94. The molecule has 1 aromatic carbocycles. The van der Waals surface area contributed by atoms with Crippen LogP contribution in [0, 0.1) is 0 Å². The van der Waals surface area contributed by atoms with Gasteiger partial charge < -0.3 is 0 Å². The van der Waals surface area contributed by atoms with E-state index < -0.39 is 0 Å². The van der Waals surface area contributed by atoms with Gasteiger partial charge in [-0.05, 0) is 54.4 Å². The highest BCUT2D eigenvalue weighted by atomic mass is 14.2. The summed E-state index contributed by atoms with van der Waals surface area (Å²) < 4.78 is 0. The summed E-state index contributed by atoms with van der Waals surface area (Å²) in [6.07, 6.45) is 6.37. The van der Waals surface area contributed by atoms with Crippen LogP contribution < -0.4 is 0 Å². The van der Waals surface area contributed by atoms with E-state index in [1.807, 2.05) is 0 Å². The summed E-state index contributed by atoms with van der Waals surface area (Å²) in [5, 5.41) is 0. The van der Waals surface area contributed by atoms with Gasteiger partial charge in [-0.25, -0.2) is 0 Å². The molecule has 0 saturated carbocycles. The van der Waals surface area contributed by atoms with E-state index in [4.69, 9.17) is 0 Å². The highest BCUT2D eigenvalue weighted by Gasteiger charge is 2.12. The van der Waals surface area contributed by atoms with Crippen LogP contribution in [0.1, 0.15) is 42.5 Å². The van der Waals surface area contributed by atoms with Crippen LogP contribution in [0.2, 0.25) is 0 Å². The average molecular weight is 174 g/mol. The summed E-state index contributed by atoms with van der Waals surface area (Å²) in [4.78, 5) is 0. The Morgan fingerprint density at radius 3 is 1.77 bits per heavy atom. The highest BCUT2D eigenvalue weighted by molar-refractivity contribution is 5.40. The summed E-state index contributed by atoms with van der Waals surface area (Å²) >= 11 is 0. The zero-order chi connectivity index (χ0) is 9.26. The minimum absolute atomic E-state index is 1.19. The number of hydrogen-bond donors (Lipinski definition) is 0. The lowest BCUT2D eigenvalue weighted by atomic mass is 9.97. The Hall–Kier alpha value is -0.780. The molecule has 0 aromatic heterocycles. The van der Waals surface area contributed by atoms with Crippen molar-refractivity contribution in [2.75, 3.05) is 0 Å². The van der Waals surface area contributed by atoms with Crippen LogP contribution in [0.25, 0.3) is 0 Å².